The number of piperidine rings is 1. The first-order valence-corrected chi connectivity index (χ1v) is 9.29. The summed E-state index contributed by atoms with van der Waals surface area (Å²) in [5, 5.41) is 6.39. The molecule has 2 N–H and O–H groups in total. The van der Waals surface area contributed by atoms with Gasteiger partial charge in [0.1, 0.15) is 0 Å². The second kappa shape index (κ2) is 6.69. The Labute approximate surface area is 137 Å². The Bertz CT molecular complexity index is 546. The molecular formula is C17H27N3OS. The summed E-state index contributed by atoms with van der Waals surface area (Å²) in [5.41, 5.74) is 2.19. The molecule has 1 saturated heterocycles. The third-order valence-corrected chi connectivity index (χ3v) is 6.64. The highest BCUT2D eigenvalue weighted by molar-refractivity contribution is 7.12. The van der Waals surface area contributed by atoms with E-state index in [9.17, 15) is 4.79 Å². The van der Waals surface area contributed by atoms with E-state index in [1.807, 2.05) is 11.3 Å². The number of amides is 1. The molecule has 0 aliphatic carbocycles. The number of carbonyl (C=O) groups excluding carboxylic acids is 1. The lowest BCUT2D eigenvalue weighted by atomic mass is 9.98. The van der Waals surface area contributed by atoms with Gasteiger partial charge in [0.25, 0.3) is 5.91 Å². The largest absolute Gasteiger partial charge is 0.352 e. The summed E-state index contributed by atoms with van der Waals surface area (Å²) in [5.74, 6) is 0.130. The maximum atomic E-state index is 12.2. The van der Waals surface area contributed by atoms with Crippen LogP contribution < -0.4 is 10.6 Å². The molecule has 1 unspecified atom stereocenters. The number of nitrogens with zero attached hydrogens (tertiary/aromatic N) is 1. The van der Waals surface area contributed by atoms with Crippen LogP contribution in [0.15, 0.2) is 0 Å². The molecule has 3 heterocycles. The number of thiophene rings is 1. The van der Waals surface area contributed by atoms with Crippen molar-refractivity contribution in [3.05, 3.63) is 20.9 Å². The Morgan fingerprint density at radius 1 is 1.41 bits per heavy atom. The maximum Gasteiger partial charge on any atom is 0.252 e. The van der Waals surface area contributed by atoms with Gasteiger partial charge < -0.3 is 10.6 Å². The third kappa shape index (κ3) is 2.82. The van der Waals surface area contributed by atoms with Crippen molar-refractivity contribution in [2.75, 3.05) is 26.7 Å². The number of hydrogen-bond donors (Lipinski definition) is 2. The van der Waals surface area contributed by atoms with E-state index in [4.69, 9.17) is 0 Å². The highest BCUT2D eigenvalue weighted by Crippen LogP contribution is 2.39. The molecule has 2 aliphatic heterocycles. The summed E-state index contributed by atoms with van der Waals surface area (Å²) < 4.78 is 0. The topological polar surface area (TPSA) is 44.4 Å². The average Bonchev–Trinajstić information content (AvgIpc) is 2.87. The lowest BCUT2D eigenvalue weighted by Gasteiger charge is -2.37. The van der Waals surface area contributed by atoms with Crippen molar-refractivity contribution in [3.63, 3.8) is 0 Å². The highest BCUT2D eigenvalue weighted by atomic mass is 32.1. The molecule has 1 fully saturated rings. The van der Waals surface area contributed by atoms with E-state index >= 15 is 0 Å². The van der Waals surface area contributed by atoms with Gasteiger partial charge in [0.15, 0.2) is 0 Å². The van der Waals surface area contributed by atoms with E-state index in [0.717, 1.165) is 38.0 Å². The fourth-order valence-corrected chi connectivity index (χ4v) is 5.40. The summed E-state index contributed by atoms with van der Waals surface area (Å²) in [6.45, 7) is 7.50. The highest BCUT2D eigenvalue weighted by Gasteiger charge is 2.31. The number of carbonyl (C=O) groups is 1. The van der Waals surface area contributed by atoms with Crippen LogP contribution in [0, 0.1) is 6.92 Å². The Morgan fingerprint density at radius 2 is 2.14 bits per heavy atom. The number of nitrogens with one attached hydrogen (secondary N) is 2. The van der Waals surface area contributed by atoms with Gasteiger partial charge in [0.05, 0.1) is 5.56 Å². The minimum absolute atomic E-state index is 0.130. The van der Waals surface area contributed by atoms with Crippen LogP contribution in [0.5, 0.6) is 0 Å². The van der Waals surface area contributed by atoms with Crippen molar-refractivity contribution in [1.29, 1.82) is 0 Å². The molecule has 1 aromatic heterocycles. The first-order chi connectivity index (χ1) is 10.7. The second-order valence-electron chi connectivity index (χ2n) is 6.42. The Morgan fingerprint density at radius 3 is 2.73 bits per heavy atom. The van der Waals surface area contributed by atoms with Crippen molar-refractivity contribution < 1.29 is 4.79 Å². The molecule has 2 aliphatic rings. The summed E-state index contributed by atoms with van der Waals surface area (Å²) in [6, 6.07) is 1.14. The van der Waals surface area contributed by atoms with Crippen LogP contribution in [0.4, 0.5) is 0 Å². The molecule has 0 saturated carbocycles. The summed E-state index contributed by atoms with van der Waals surface area (Å²) in [4.78, 5) is 17.5. The average molecular weight is 321 g/mol. The van der Waals surface area contributed by atoms with Gasteiger partial charge in [-0.15, -0.1) is 11.3 Å². The van der Waals surface area contributed by atoms with E-state index in [0.29, 0.717) is 12.1 Å². The normalized spacial score (nSPS) is 21.5. The van der Waals surface area contributed by atoms with Gasteiger partial charge in [-0.3, -0.25) is 9.69 Å². The minimum Gasteiger partial charge on any atom is -0.352 e. The molecule has 1 aromatic rings. The van der Waals surface area contributed by atoms with Gasteiger partial charge in [0.2, 0.25) is 0 Å². The Kier molecular flexibility index (Phi) is 4.85. The van der Waals surface area contributed by atoms with Gasteiger partial charge in [0, 0.05) is 41.5 Å². The predicted octanol–water partition coefficient (Wildman–Crippen LogP) is 2.48. The SMILES string of the molecule is CCC(c1sc2c(c1C)C(=O)NCC2)N1CCC(NC)CC1. The second-order valence-corrected chi connectivity index (χ2v) is 7.56. The molecule has 3 rings (SSSR count). The van der Waals surface area contributed by atoms with Crippen LogP contribution in [-0.4, -0.2) is 43.5 Å². The molecule has 22 heavy (non-hydrogen) atoms. The molecule has 122 valence electrons. The van der Waals surface area contributed by atoms with Crippen molar-refractivity contribution >= 4 is 17.2 Å². The third-order valence-electron chi connectivity index (χ3n) is 5.19. The zero-order chi connectivity index (χ0) is 15.7. The van der Waals surface area contributed by atoms with Gasteiger partial charge >= 0.3 is 0 Å². The first kappa shape index (κ1) is 16.0. The minimum atomic E-state index is 0.130. The van der Waals surface area contributed by atoms with E-state index in [2.05, 4.69) is 36.4 Å². The van der Waals surface area contributed by atoms with Crippen LogP contribution in [0.3, 0.4) is 0 Å². The van der Waals surface area contributed by atoms with Crippen molar-refractivity contribution in [2.45, 2.75) is 51.6 Å². The summed E-state index contributed by atoms with van der Waals surface area (Å²) >= 11 is 1.88. The van der Waals surface area contributed by atoms with Crippen LogP contribution in [0.1, 0.15) is 57.9 Å². The van der Waals surface area contributed by atoms with Crippen molar-refractivity contribution in [3.8, 4) is 0 Å². The van der Waals surface area contributed by atoms with Crippen LogP contribution >= 0.6 is 11.3 Å². The molecule has 5 heteroatoms. The molecule has 0 bridgehead atoms. The lowest BCUT2D eigenvalue weighted by Crippen LogP contribution is -2.42. The van der Waals surface area contributed by atoms with Gasteiger partial charge in [-0.1, -0.05) is 6.92 Å². The first-order valence-electron chi connectivity index (χ1n) is 8.47. The molecule has 1 amide bonds. The molecule has 0 radical (unpaired) electrons. The van der Waals surface area contributed by atoms with E-state index in [1.54, 1.807) is 0 Å². The number of rotatable bonds is 4. The fourth-order valence-electron chi connectivity index (χ4n) is 3.87. The zero-order valence-electron chi connectivity index (χ0n) is 13.9. The summed E-state index contributed by atoms with van der Waals surface area (Å²) in [6.07, 6.45) is 4.55. The molecule has 1 atom stereocenters. The Hall–Kier alpha value is -0.910. The Balaban J connectivity index is 1.84. The van der Waals surface area contributed by atoms with Crippen molar-refractivity contribution in [2.24, 2.45) is 0 Å². The van der Waals surface area contributed by atoms with Gasteiger partial charge in [-0.25, -0.2) is 0 Å². The number of fused-ring (bicyclic) bond motifs is 1. The molecular weight excluding hydrogens is 294 g/mol. The zero-order valence-corrected chi connectivity index (χ0v) is 14.7. The monoisotopic (exact) mass is 321 g/mol. The van der Waals surface area contributed by atoms with Crippen molar-refractivity contribution in [1.82, 2.24) is 15.5 Å². The standard InChI is InChI=1S/C17H27N3OS/c1-4-13(20-9-6-12(18-3)7-10-20)16-11(2)15-14(22-16)5-8-19-17(15)21/h12-13,18H,4-10H2,1-3H3,(H,19,21). The maximum absolute atomic E-state index is 12.2. The van der Waals surface area contributed by atoms with E-state index in [-0.39, 0.29) is 5.91 Å². The van der Waals surface area contributed by atoms with Crippen LogP contribution in [-0.2, 0) is 6.42 Å². The lowest BCUT2D eigenvalue weighted by molar-refractivity contribution is 0.0946. The van der Waals surface area contributed by atoms with Crippen LogP contribution in [0.2, 0.25) is 0 Å². The van der Waals surface area contributed by atoms with Gasteiger partial charge in [-0.05, 0) is 45.2 Å². The van der Waals surface area contributed by atoms with E-state index in [1.165, 1.54) is 28.2 Å². The quantitative estimate of drug-likeness (QED) is 0.895. The summed E-state index contributed by atoms with van der Waals surface area (Å²) in [7, 11) is 2.06. The number of likely N-dealkylation sites (tertiary alicyclic amines) is 1. The molecule has 0 spiro atoms. The fraction of sp³-hybridized carbons (Fsp3) is 0.706. The smallest absolute Gasteiger partial charge is 0.252 e. The predicted molar refractivity (Wildman–Crippen MR) is 91.8 cm³/mol. The molecule has 4 nitrogen and oxygen atoms in total. The van der Waals surface area contributed by atoms with E-state index < -0.39 is 0 Å². The van der Waals surface area contributed by atoms with Crippen LogP contribution in [0.25, 0.3) is 0 Å². The number of hydrogen-bond acceptors (Lipinski definition) is 4. The molecule has 0 aromatic carbocycles. The van der Waals surface area contributed by atoms with Gasteiger partial charge in [-0.2, -0.15) is 0 Å².